The molecule has 1 atom stereocenters. The summed E-state index contributed by atoms with van der Waals surface area (Å²) in [6, 6.07) is 7.03. The first-order valence-corrected chi connectivity index (χ1v) is 6.99. The first kappa shape index (κ1) is 14.4. The Morgan fingerprint density at radius 3 is 2.75 bits per heavy atom. The molecule has 0 saturated carbocycles. The molecular formula is C16H19NO3. The van der Waals surface area contributed by atoms with Gasteiger partial charge in [0.25, 0.3) is 0 Å². The maximum Gasteiger partial charge on any atom is 0.237 e. The fourth-order valence-corrected chi connectivity index (χ4v) is 2.57. The number of hydrogen-bond acceptors (Lipinski definition) is 3. The Morgan fingerprint density at radius 1 is 1.35 bits per heavy atom. The van der Waals surface area contributed by atoms with Crippen LogP contribution in [0.1, 0.15) is 43.5 Å². The van der Waals surface area contributed by atoms with Crippen LogP contribution in [-0.2, 0) is 9.59 Å². The third-order valence-electron chi connectivity index (χ3n) is 3.74. The Labute approximate surface area is 118 Å². The summed E-state index contributed by atoms with van der Waals surface area (Å²) in [6.45, 7) is 3.89. The van der Waals surface area contributed by atoms with E-state index in [0.29, 0.717) is 30.6 Å². The van der Waals surface area contributed by atoms with Crippen molar-refractivity contribution in [3.05, 3.63) is 29.8 Å². The number of carbonyl (C=O) groups is 3. The van der Waals surface area contributed by atoms with Crippen LogP contribution in [0.2, 0.25) is 0 Å². The fourth-order valence-electron chi connectivity index (χ4n) is 2.57. The number of hydrogen-bond donors (Lipinski definition) is 0. The lowest BCUT2D eigenvalue weighted by atomic mass is 9.91. The molecule has 1 amide bonds. The Bertz CT molecular complexity index is 550. The van der Waals surface area contributed by atoms with Gasteiger partial charge in [0.1, 0.15) is 5.78 Å². The molecule has 1 aliphatic rings. The Hall–Kier alpha value is -1.97. The summed E-state index contributed by atoms with van der Waals surface area (Å²) in [6.07, 6.45) is 1.83. The van der Waals surface area contributed by atoms with Gasteiger partial charge in [-0.25, -0.2) is 0 Å². The molecule has 1 heterocycles. The molecule has 0 bridgehead atoms. The molecule has 0 N–H and O–H groups in total. The quantitative estimate of drug-likeness (QED) is 0.626. The molecule has 1 aromatic carbocycles. The molecule has 0 aromatic heterocycles. The van der Waals surface area contributed by atoms with Gasteiger partial charge < -0.3 is 4.90 Å². The van der Waals surface area contributed by atoms with Gasteiger partial charge in [-0.05, 0) is 31.9 Å². The smallest absolute Gasteiger partial charge is 0.237 e. The summed E-state index contributed by atoms with van der Waals surface area (Å²) < 4.78 is 0. The summed E-state index contributed by atoms with van der Waals surface area (Å²) in [5, 5.41) is 0. The highest BCUT2D eigenvalue weighted by molar-refractivity contribution is 6.09. The van der Waals surface area contributed by atoms with Crippen molar-refractivity contribution in [2.75, 3.05) is 11.4 Å². The SMILES string of the molecule is CCC(=O)[C@@H]1CCCN(c2cccc(C(C)=O)c2)C1=O. The summed E-state index contributed by atoms with van der Waals surface area (Å²) in [4.78, 5) is 37.3. The Morgan fingerprint density at radius 2 is 2.10 bits per heavy atom. The van der Waals surface area contributed by atoms with Gasteiger partial charge in [-0.2, -0.15) is 0 Å². The van der Waals surface area contributed by atoms with E-state index in [1.54, 1.807) is 30.0 Å². The standard InChI is InChI=1S/C16H19NO3/c1-3-15(19)14-8-5-9-17(16(14)20)13-7-4-6-12(10-13)11(2)18/h4,6-7,10,14H,3,5,8-9H2,1-2H3/t14-/m0/s1. The van der Waals surface area contributed by atoms with Crippen LogP contribution in [0.3, 0.4) is 0 Å². The van der Waals surface area contributed by atoms with Gasteiger partial charge in [0.15, 0.2) is 5.78 Å². The van der Waals surface area contributed by atoms with Crippen LogP contribution in [0.15, 0.2) is 24.3 Å². The van der Waals surface area contributed by atoms with Gasteiger partial charge in [0.2, 0.25) is 5.91 Å². The van der Waals surface area contributed by atoms with Crippen molar-refractivity contribution < 1.29 is 14.4 Å². The maximum absolute atomic E-state index is 12.4. The molecule has 1 aliphatic heterocycles. The second-order valence-electron chi connectivity index (χ2n) is 5.11. The summed E-state index contributed by atoms with van der Waals surface area (Å²) in [7, 11) is 0. The first-order chi connectivity index (χ1) is 9.54. The van der Waals surface area contributed by atoms with Crippen molar-refractivity contribution >= 4 is 23.2 Å². The van der Waals surface area contributed by atoms with Crippen LogP contribution in [0.25, 0.3) is 0 Å². The Kier molecular flexibility index (Phi) is 4.32. The van der Waals surface area contributed by atoms with E-state index in [-0.39, 0.29) is 17.5 Å². The number of rotatable bonds is 4. The molecule has 0 unspecified atom stereocenters. The number of ketones is 2. The number of amides is 1. The van der Waals surface area contributed by atoms with Crippen molar-refractivity contribution in [2.24, 2.45) is 5.92 Å². The normalized spacial score (nSPS) is 19.0. The van der Waals surface area contributed by atoms with Crippen LogP contribution in [0.5, 0.6) is 0 Å². The molecule has 1 saturated heterocycles. The highest BCUT2D eigenvalue weighted by Crippen LogP contribution is 2.26. The van der Waals surface area contributed by atoms with Gasteiger partial charge in [-0.3, -0.25) is 14.4 Å². The van der Waals surface area contributed by atoms with Crippen molar-refractivity contribution in [2.45, 2.75) is 33.1 Å². The molecule has 4 nitrogen and oxygen atoms in total. The molecule has 106 valence electrons. The van der Waals surface area contributed by atoms with E-state index in [1.165, 1.54) is 6.92 Å². The largest absolute Gasteiger partial charge is 0.312 e. The number of nitrogens with zero attached hydrogens (tertiary/aromatic N) is 1. The lowest BCUT2D eigenvalue weighted by molar-refractivity contribution is -0.133. The summed E-state index contributed by atoms with van der Waals surface area (Å²) in [5.41, 5.74) is 1.29. The molecule has 0 radical (unpaired) electrons. The van der Waals surface area contributed by atoms with Crippen molar-refractivity contribution in [1.29, 1.82) is 0 Å². The minimum Gasteiger partial charge on any atom is -0.312 e. The third-order valence-corrected chi connectivity index (χ3v) is 3.74. The van der Waals surface area contributed by atoms with Crippen LogP contribution < -0.4 is 4.90 Å². The molecular weight excluding hydrogens is 254 g/mol. The second kappa shape index (κ2) is 5.99. The first-order valence-electron chi connectivity index (χ1n) is 6.99. The number of anilines is 1. The molecule has 0 aliphatic carbocycles. The van der Waals surface area contributed by atoms with E-state index in [9.17, 15) is 14.4 Å². The van der Waals surface area contributed by atoms with Crippen LogP contribution >= 0.6 is 0 Å². The zero-order chi connectivity index (χ0) is 14.7. The van der Waals surface area contributed by atoms with Gasteiger partial charge in [0.05, 0.1) is 5.92 Å². The Balaban J connectivity index is 2.28. The lowest BCUT2D eigenvalue weighted by Crippen LogP contribution is -2.44. The molecule has 20 heavy (non-hydrogen) atoms. The van der Waals surface area contributed by atoms with E-state index in [2.05, 4.69) is 0 Å². The zero-order valence-electron chi connectivity index (χ0n) is 11.9. The molecule has 1 aromatic rings. The van der Waals surface area contributed by atoms with E-state index in [1.807, 2.05) is 6.07 Å². The molecule has 2 rings (SSSR count). The monoisotopic (exact) mass is 273 g/mol. The van der Waals surface area contributed by atoms with Crippen LogP contribution in [0, 0.1) is 5.92 Å². The van der Waals surface area contributed by atoms with Crippen LogP contribution in [0.4, 0.5) is 5.69 Å². The maximum atomic E-state index is 12.4. The van der Waals surface area contributed by atoms with Crippen molar-refractivity contribution in [1.82, 2.24) is 0 Å². The minimum absolute atomic E-state index is 0.00224. The number of piperidine rings is 1. The third kappa shape index (κ3) is 2.79. The van der Waals surface area contributed by atoms with Gasteiger partial charge in [-0.1, -0.05) is 19.1 Å². The zero-order valence-corrected chi connectivity index (χ0v) is 11.9. The van der Waals surface area contributed by atoms with Crippen molar-refractivity contribution in [3.8, 4) is 0 Å². The van der Waals surface area contributed by atoms with Gasteiger partial charge in [-0.15, -0.1) is 0 Å². The number of Topliss-reactive ketones (excluding diaryl/α,β-unsaturated/α-hetero) is 2. The predicted octanol–water partition coefficient (Wildman–Crippen LogP) is 2.61. The average Bonchev–Trinajstić information content (AvgIpc) is 2.46. The summed E-state index contributed by atoms with van der Waals surface area (Å²) >= 11 is 0. The fraction of sp³-hybridized carbons (Fsp3) is 0.438. The highest BCUT2D eigenvalue weighted by Gasteiger charge is 2.33. The summed E-state index contributed by atoms with van der Waals surface area (Å²) in [5.74, 6) is -0.682. The van der Waals surface area contributed by atoms with Gasteiger partial charge in [0, 0.05) is 24.2 Å². The predicted molar refractivity (Wildman–Crippen MR) is 76.8 cm³/mol. The number of carbonyl (C=O) groups excluding carboxylic acids is 3. The van der Waals surface area contributed by atoms with E-state index in [4.69, 9.17) is 0 Å². The highest BCUT2D eigenvalue weighted by atomic mass is 16.2. The molecule has 0 spiro atoms. The topological polar surface area (TPSA) is 54.5 Å². The lowest BCUT2D eigenvalue weighted by Gasteiger charge is -2.31. The van der Waals surface area contributed by atoms with Crippen molar-refractivity contribution in [3.63, 3.8) is 0 Å². The minimum atomic E-state index is -0.519. The van der Waals surface area contributed by atoms with Gasteiger partial charge >= 0.3 is 0 Å². The second-order valence-corrected chi connectivity index (χ2v) is 5.11. The average molecular weight is 273 g/mol. The van der Waals surface area contributed by atoms with E-state index in [0.717, 1.165) is 6.42 Å². The van der Waals surface area contributed by atoms with Crippen LogP contribution in [-0.4, -0.2) is 24.0 Å². The van der Waals surface area contributed by atoms with E-state index < -0.39 is 5.92 Å². The van der Waals surface area contributed by atoms with E-state index >= 15 is 0 Å². The number of benzene rings is 1. The molecule has 1 fully saturated rings. The molecule has 4 heteroatoms.